The van der Waals surface area contributed by atoms with E-state index in [1.165, 1.54) is 0 Å². The van der Waals surface area contributed by atoms with Crippen LogP contribution in [0.2, 0.25) is 0 Å². The van der Waals surface area contributed by atoms with Crippen molar-refractivity contribution in [2.24, 2.45) is 0 Å². The first-order chi connectivity index (χ1) is 14.3. The molecule has 0 saturated carbocycles. The molecule has 4 aromatic heterocycles. The maximum Gasteiger partial charge on any atom is 0.470 e. The maximum absolute atomic E-state index is 13.0. The number of H-pyrrole nitrogens is 1. The molecule has 0 spiro atoms. The van der Waals surface area contributed by atoms with Crippen molar-refractivity contribution in [3.63, 3.8) is 0 Å². The molecule has 0 fully saturated rings. The average molecular weight is 453 g/mol. The summed E-state index contributed by atoms with van der Waals surface area (Å²) in [5.41, 5.74) is 4.14. The molecule has 0 amide bonds. The molecule has 0 bridgehead atoms. The summed E-state index contributed by atoms with van der Waals surface area (Å²) < 4.78 is 45.7. The zero-order chi connectivity index (χ0) is 21.0. The number of aromatic nitrogens is 6. The van der Waals surface area contributed by atoms with Crippen LogP contribution in [0.25, 0.3) is 5.52 Å². The molecule has 3 atom stereocenters. The van der Waals surface area contributed by atoms with Crippen LogP contribution in [0.4, 0.5) is 19.2 Å². The number of aromatic amines is 1. The van der Waals surface area contributed by atoms with Gasteiger partial charge in [0.1, 0.15) is 6.04 Å². The Kier molecular flexibility index (Phi) is 4.56. The Morgan fingerprint density at radius 1 is 1.27 bits per heavy atom. The third-order valence-electron chi connectivity index (χ3n) is 5.02. The van der Waals surface area contributed by atoms with Crippen molar-refractivity contribution < 1.29 is 17.6 Å². The third kappa shape index (κ3) is 3.17. The van der Waals surface area contributed by atoms with Gasteiger partial charge in [-0.2, -0.15) is 18.3 Å². The molecule has 5 rings (SSSR count). The number of nitrogens with zero attached hydrogens (tertiary/aromatic N) is 6. The quantitative estimate of drug-likeness (QED) is 0.479. The minimum Gasteiger partial charge on any atom is -0.399 e. The maximum atomic E-state index is 13.0. The zero-order valence-corrected chi connectivity index (χ0v) is 17.6. The lowest BCUT2D eigenvalue weighted by Crippen LogP contribution is -2.37. The lowest BCUT2D eigenvalue weighted by Gasteiger charge is -2.32. The van der Waals surface area contributed by atoms with Gasteiger partial charge in [0.05, 0.1) is 23.2 Å². The van der Waals surface area contributed by atoms with E-state index in [2.05, 4.69) is 43.7 Å². The van der Waals surface area contributed by atoms with E-state index in [0.29, 0.717) is 24.4 Å². The van der Waals surface area contributed by atoms with Crippen LogP contribution in [-0.4, -0.2) is 36.3 Å². The third-order valence-corrected chi connectivity index (χ3v) is 5.74. The predicted molar refractivity (Wildman–Crippen MR) is 108 cm³/mol. The Bertz CT molecular complexity index is 1220. The Balaban J connectivity index is 1.64. The van der Waals surface area contributed by atoms with E-state index in [9.17, 15) is 13.2 Å². The summed E-state index contributed by atoms with van der Waals surface area (Å²) >= 11 is 0. The molecule has 1 aliphatic rings. The van der Waals surface area contributed by atoms with Crippen molar-refractivity contribution in [3.05, 3.63) is 59.3 Å². The fourth-order valence-corrected chi connectivity index (χ4v) is 4.26. The molecule has 156 valence electrons. The van der Waals surface area contributed by atoms with Gasteiger partial charge in [0.2, 0.25) is 0 Å². The van der Waals surface area contributed by atoms with E-state index in [0.717, 1.165) is 16.8 Å². The Morgan fingerprint density at radius 3 is 2.83 bits per heavy atom. The van der Waals surface area contributed by atoms with Gasteiger partial charge in [-0.3, -0.25) is 0 Å². The van der Waals surface area contributed by atoms with Gasteiger partial charge in [0, 0.05) is 30.3 Å². The molecule has 4 aromatic rings. The number of hydrogen-bond acceptors (Lipinski definition) is 6. The van der Waals surface area contributed by atoms with Gasteiger partial charge in [-0.25, -0.2) is 9.50 Å². The van der Waals surface area contributed by atoms with Crippen LogP contribution in [0, 0.1) is 0 Å². The first-order valence-corrected chi connectivity index (χ1v) is 10.3. The van der Waals surface area contributed by atoms with Crippen molar-refractivity contribution >= 4 is 30.0 Å². The molecule has 5 heterocycles. The van der Waals surface area contributed by atoms with Gasteiger partial charge in [-0.15, -0.1) is 23.6 Å². The number of nitrogens with one attached hydrogen (secondary N) is 1. The largest absolute Gasteiger partial charge is 0.470 e. The minimum absolute atomic E-state index is 0.118. The van der Waals surface area contributed by atoms with Gasteiger partial charge >= 0.3 is 18.1 Å². The molecular weight excluding hydrogens is 437 g/mol. The molecule has 0 aliphatic carbocycles. The van der Waals surface area contributed by atoms with Crippen molar-refractivity contribution in [2.45, 2.75) is 24.0 Å². The number of alkyl halides is 3. The summed E-state index contributed by atoms with van der Waals surface area (Å²) in [5.74, 6) is -1.38. The van der Waals surface area contributed by atoms with Crippen LogP contribution in [0.15, 0.2) is 35.1 Å². The molecule has 1 aliphatic heterocycles. The van der Waals surface area contributed by atoms with E-state index < -0.39 is 18.1 Å². The van der Waals surface area contributed by atoms with Crippen LogP contribution in [0.3, 0.4) is 0 Å². The lowest BCUT2D eigenvalue weighted by atomic mass is 10.00. The first-order valence-electron chi connectivity index (χ1n) is 9.02. The monoisotopic (exact) mass is 453 g/mol. The molecule has 0 saturated heterocycles. The van der Waals surface area contributed by atoms with Crippen molar-refractivity contribution in [1.82, 2.24) is 29.8 Å². The summed E-state index contributed by atoms with van der Waals surface area (Å²) in [7, 11) is 5.44. The Labute approximate surface area is 172 Å². The van der Waals surface area contributed by atoms with Crippen LogP contribution in [-0.2, 0) is 12.6 Å². The number of rotatable bonds is 3. The van der Waals surface area contributed by atoms with Gasteiger partial charge in [-0.1, -0.05) is 11.2 Å². The standard InChI is InChI=1S/C17H16F3N7OP2/c18-17(19,20)15-23-24-16(28-15)26-5-3-9-12(22-7-21-9)13(26)10-6-11-8(14(29)30)2-1-4-27(11)25-10/h1-2,4,6-7,13-14H,3,5,29-30H2,(H,21,22)/t13-/m0/s1. The molecule has 13 heteroatoms. The molecule has 0 aromatic carbocycles. The highest BCUT2D eigenvalue weighted by Gasteiger charge is 2.41. The summed E-state index contributed by atoms with van der Waals surface area (Å²) in [6.07, 6.45) is -0.766. The predicted octanol–water partition coefficient (Wildman–Crippen LogP) is 3.36. The van der Waals surface area contributed by atoms with E-state index in [4.69, 9.17) is 4.42 Å². The van der Waals surface area contributed by atoms with Crippen LogP contribution in [0.1, 0.15) is 40.0 Å². The number of hydrogen-bond donors (Lipinski definition) is 1. The molecule has 1 N–H and O–H groups in total. The van der Waals surface area contributed by atoms with Crippen molar-refractivity contribution in [1.29, 1.82) is 0 Å². The Morgan fingerprint density at radius 2 is 2.10 bits per heavy atom. The highest BCUT2D eigenvalue weighted by Crippen LogP contribution is 2.39. The molecule has 30 heavy (non-hydrogen) atoms. The number of imidazole rings is 1. The van der Waals surface area contributed by atoms with E-state index in [1.807, 2.05) is 24.4 Å². The second-order valence-electron chi connectivity index (χ2n) is 6.89. The lowest BCUT2D eigenvalue weighted by molar-refractivity contribution is -0.157. The number of halogens is 3. The number of pyridine rings is 1. The van der Waals surface area contributed by atoms with Gasteiger partial charge < -0.3 is 14.3 Å². The second-order valence-corrected chi connectivity index (χ2v) is 9.09. The summed E-state index contributed by atoms with van der Waals surface area (Å²) in [6, 6.07) is 5.03. The zero-order valence-electron chi connectivity index (χ0n) is 15.3. The number of anilines is 1. The first kappa shape index (κ1) is 19.5. The Hall–Kier alpha value is -2.51. The van der Waals surface area contributed by atoms with Gasteiger partial charge in [0.15, 0.2) is 0 Å². The average Bonchev–Trinajstić information content (AvgIpc) is 3.43. The topological polar surface area (TPSA) is 88.1 Å². The fourth-order valence-electron chi connectivity index (χ4n) is 3.70. The number of fused-ring (bicyclic) bond motifs is 2. The molecular formula is C17H16F3N7OP2. The summed E-state index contributed by atoms with van der Waals surface area (Å²) in [4.78, 5) is 9.12. The van der Waals surface area contributed by atoms with Gasteiger partial charge in [-0.05, 0) is 17.7 Å². The highest BCUT2D eigenvalue weighted by molar-refractivity contribution is 7.37. The van der Waals surface area contributed by atoms with Crippen LogP contribution < -0.4 is 4.90 Å². The normalized spacial score (nSPS) is 17.1. The van der Waals surface area contributed by atoms with Gasteiger partial charge in [0.25, 0.3) is 0 Å². The van der Waals surface area contributed by atoms with Crippen molar-refractivity contribution in [2.75, 3.05) is 11.4 Å². The van der Waals surface area contributed by atoms with E-state index >= 15 is 0 Å². The van der Waals surface area contributed by atoms with Crippen LogP contribution in [0.5, 0.6) is 0 Å². The second kappa shape index (κ2) is 7.03. The molecule has 8 nitrogen and oxygen atoms in total. The smallest absolute Gasteiger partial charge is 0.399 e. The van der Waals surface area contributed by atoms with E-state index in [-0.39, 0.29) is 11.4 Å². The van der Waals surface area contributed by atoms with Crippen LogP contribution >= 0.6 is 18.5 Å². The van der Waals surface area contributed by atoms with E-state index in [1.54, 1.807) is 15.7 Å². The minimum atomic E-state index is -4.71. The highest BCUT2D eigenvalue weighted by atomic mass is 31.1. The molecule has 0 radical (unpaired) electrons. The summed E-state index contributed by atoms with van der Waals surface area (Å²) in [6.45, 7) is 0.371. The SMILES string of the molecule is FC(F)(F)c1nnc(N2CCc3[nH]cnc3[C@@H]2c2cc3c(C(P)P)cccn3n2)o1. The fraction of sp³-hybridized carbons (Fsp3) is 0.294. The molecule has 2 unspecified atom stereocenters. The van der Waals surface area contributed by atoms with Crippen molar-refractivity contribution in [3.8, 4) is 0 Å². The summed E-state index contributed by atoms with van der Waals surface area (Å²) in [5, 5.41) is 11.6.